The molecule has 0 aliphatic rings. The van der Waals surface area contributed by atoms with Gasteiger partial charge in [0.05, 0.1) is 11.5 Å². The van der Waals surface area contributed by atoms with Gasteiger partial charge in [0.15, 0.2) is 0 Å². The van der Waals surface area contributed by atoms with E-state index in [-0.39, 0.29) is 11.5 Å². The van der Waals surface area contributed by atoms with Gasteiger partial charge in [-0.2, -0.15) is 0 Å². The van der Waals surface area contributed by atoms with Gasteiger partial charge in [0.2, 0.25) is 15.9 Å². The molecule has 1 rings (SSSR count). The standard InChI is InChI=1S/C10H15N3O4S/c1-17-6-9(11)10(14)13-7-2-4-8(5-3-7)18(12,15)16/h2-5,9H,6,11H2,1H3,(H,13,14)(H2,12,15,16). The molecule has 0 spiro atoms. The molecule has 1 atom stereocenters. The highest BCUT2D eigenvalue weighted by Gasteiger charge is 2.13. The largest absolute Gasteiger partial charge is 0.383 e. The van der Waals surface area contributed by atoms with Crippen LogP contribution in [0.1, 0.15) is 0 Å². The Morgan fingerprint density at radius 1 is 1.39 bits per heavy atom. The smallest absolute Gasteiger partial charge is 0.243 e. The molecule has 0 aliphatic heterocycles. The number of nitrogens with two attached hydrogens (primary N) is 2. The Kier molecular flexibility index (Phi) is 4.79. The minimum atomic E-state index is -3.73. The fourth-order valence-electron chi connectivity index (χ4n) is 1.22. The fraction of sp³-hybridized carbons (Fsp3) is 0.300. The quantitative estimate of drug-likeness (QED) is 0.650. The zero-order valence-corrected chi connectivity index (χ0v) is 10.6. The number of primary sulfonamides is 1. The number of sulfonamides is 1. The summed E-state index contributed by atoms with van der Waals surface area (Å²) in [6, 6.07) is 4.67. The summed E-state index contributed by atoms with van der Waals surface area (Å²) < 4.78 is 26.8. The van der Waals surface area contributed by atoms with Crippen molar-refractivity contribution in [3.63, 3.8) is 0 Å². The predicted octanol–water partition coefficient (Wildman–Crippen LogP) is -0.754. The highest BCUT2D eigenvalue weighted by atomic mass is 32.2. The first-order valence-corrected chi connectivity index (χ1v) is 6.57. The molecule has 100 valence electrons. The van der Waals surface area contributed by atoms with Crippen LogP contribution in [0.15, 0.2) is 29.2 Å². The molecule has 0 aliphatic carbocycles. The average molecular weight is 273 g/mol. The molecule has 7 nitrogen and oxygen atoms in total. The van der Waals surface area contributed by atoms with Crippen molar-refractivity contribution in [3.05, 3.63) is 24.3 Å². The van der Waals surface area contributed by atoms with E-state index < -0.39 is 22.0 Å². The molecule has 0 fully saturated rings. The lowest BCUT2D eigenvalue weighted by Gasteiger charge is -2.11. The highest BCUT2D eigenvalue weighted by Crippen LogP contribution is 2.12. The number of benzene rings is 1. The Bertz CT molecular complexity index is 512. The topological polar surface area (TPSA) is 125 Å². The molecule has 1 aromatic carbocycles. The summed E-state index contributed by atoms with van der Waals surface area (Å²) in [7, 11) is -2.29. The normalized spacial score (nSPS) is 13.1. The number of hydrogen-bond donors (Lipinski definition) is 3. The van der Waals surface area contributed by atoms with Gasteiger partial charge in [-0.25, -0.2) is 13.6 Å². The number of methoxy groups -OCH3 is 1. The van der Waals surface area contributed by atoms with Gasteiger partial charge in [-0.1, -0.05) is 0 Å². The monoisotopic (exact) mass is 273 g/mol. The van der Waals surface area contributed by atoms with Crippen molar-refractivity contribution in [1.29, 1.82) is 0 Å². The number of nitrogens with one attached hydrogen (secondary N) is 1. The number of amides is 1. The van der Waals surface area contributed by atoms with Gasteiger partial charge >= 0.3 is 0 Å². The Morgan fingerprint density at radius 2 is 1.94 bits per heavy atom. The third kappa shape index (κ3) is 4.08. The van der Waals surface area contributed by atoms with Crippen molar-refractivity contribution in [1.82, 2.24) is 0 Å². The first-order valence-electron chi connectivity index (χ1n) is 5.03. The third-order valence-corrected chi connectivity index (χ3v) is 3.06. The van der Waals surface area contributed by atoms with Crippen LogP contribution in [0.5, 0.6) is 0 Å². The molecule has 0 heterocycles. The number of rotatable bonds is 5. The molecule has 0 bridgehead atoms. The Morgan fingerprint density at radius 3 is 2.39 bits per heavy atom. The highest BCUT2D eigenvalue weighted by molar-refractivity contribution is 7.89. The molecule has 0 saturated carbocycles. The number of hydrogen-bond acceptors (Lipinski definition) is 5. The number of carbonyl (C=O) groups is 1. The molecule has 1 amide bonds. The van der Waals surface area contributed by atoms with Crippen molar-refractivity contribution >= 4 is 21.6 Å². The summed E-state index contributed by atoms with van der Waals surface area (Å²) in [6.45, 7) is 0.0983. The van der Waals surface area contributed by atoms with E-state index in [0.29, 0.717) is 5.69 Å². The SMILES string of the molecule is COCC(N)C(=O)Nc1ccc(S(N)(=O)=O)cc1. The first kappa shape index (κ1) is 14.6. The van der Waals surface area contributed by atoms with Crippen molar-refractivity contribution in [2.45, 2.75) is 10.9 Å². The minimum absolute atomic E-state index is 0.0262. The third-order valence-electron chi connectivity index (χ3n) is 2.13. The number of anilines is 1. The summed E-state index contributed by atoms with van der Waals surface area (Å²) in [4.78, 5) is 11.5. The van der Waals surface area contributed by atoms with Crippen molar-refractivity contribution in [2.24, 2.45) is 10.9 Å². The lowest BCUT2D eigenvalue weighted by Crippen LogP contribution is -2.39. The molecule has 1 aromatic rings. The summed E-state index contributed by atoms with van der Waals surface area (Å²) in [5.74, 6) is -0.416. The van der Waals surface area contributed by atoms with E-state index >= 15 is 0 Å². The van der Waals surface area contributed by atoms with Crippen LogP contribution < -0.4 is 16.2 Å². The van der Waals surface area contributed by atoms with E-state index in [1.165, 1.54) is 31.4 Å². The maximum atomic E-state index is 11.5. The Balaban J connectivity index is 2.73. The summed E-state index contributed by atoms with van der Waals surface area (Å²) in [5.41, 5.74) is 5.95. The average Bonchev–Trinajstić information content (AvgIpc) is 2.28. The second-order valence-electron chi connectivity index (χ2n) is 3.62. The molecule has 1 unspecified atom stereocenters. The van der Waals surface area contributed by atoms with Gasteiger partial charge < -0.3 is 15.8 Å². The van der Waals surface area contributed by atoms with Gasteiger partial charge in [-0.05, 0) is 24.3 Å². The van der Waals surface area contributed by atoms with Crippen LogP contribution >= 0.6 is 0 Å². The van der Waals surface area contributed by atoms with Crippen LogP contribution in [0.3, 0.4) is 0 Å². The Hall–Kier alpha value is -1.48. The van der Waals surface area contributed by atoms with Crippen LogP contribution in [0.2, 0.25) is 0 Å². The lowest BCUT2D eigenvalue weighted by atomic mass is 10.2. The van der Waals surface area contributed by atoms with Crippen LogP contribution in [-0.2, 0) is 19.6 Å². The predicted molar refractivity (Wildman–Crippen MR) is 66.3 cm³/mol. The lowest BCUT2D eigenvalue weighted by molar-refractivity contribution is -0.118. The van der Waals surface area contributed by atoms with Crippen molar-refractivity contribution in [2.75, 3.05) is 19.0 Å². The van der Waals surface area contributed by atoms with Crippen LogP contribution in [0.25, 0.3) is 0 Å². The van der Waals surface area contributed by atoms with E-state index in [0.717, 1.165) is 0 Å². The van der Waals surface area contributed by atoms with Crippen molar-refractivity contribution in [3.8, 4) is 0 Å². The van der Waals surface area contributed by atoms with E-state index in [1.807, 2.05) is 0 Å². The zero-order valence-electron chi connectivity index (χ0n) is 9.79. The molecular weight excluding hydrogens is 258 g/mol. The van der Waals surface area contributed by atoms with Gasteiger partial charge in [0.1, 0.15) is 6.04 Å². The molecule has 0 aromatic heterocycles. The van der Waals surface area contributed by atoms with Crippen LogP contribution in [0, 0.1) is 0 Å². The van der Waals surface area contributed by atoms with Gasteiger partial charge in [-0.3, -0.25) is 4.79 Å². The molecule has 0 saturated heterocycles. The summed E-state index contributed by atoms with van der Waals surface area (Å²) >= 11 is 0. The van der Waals surface area contributed by atoms with E-state index in [1.54, 1.807) is 0 Å². The molecule has 0 radical (unpaired) electrons. The molecule has 8 heteroatoms. The molecule has 5 N–H and O–H groups in total. The minimum Gasteiger partial charge on any atom is -0.383 e. The van der Waals surface area contributed by atoms with Crippen LogP contribution in [0.4, 0.5) is 5.69 Å². The maximum Gasteiger partial charge on any atom is 0.243 e. The number of ether oxygens (including phenoxy) is 1. The fourth-order valence-corrected chi connectivity index (χ4v) is 1.73. The van der Waals surface area contributed by atoms with Gasteiger partial charge in [-0.15, -0.1) is 0 Å². The first-order chi connectivity index (χ1) is 8.34. The van der Waals surface area contributed by atoms with E-state index in [9.17, 15) is 13.2 Å². The van der Waals surface area contributed by atoms with Gasteiger partial charge in [0.25, 0.3) is 0 Å². The second-order valence-corrected chi connectivity index (χ2v) is 5.18. The van der Waals surface area contributed by atoms with Crippen molar-refractivity contribution < 1.29 is 17.9 Å². The van der Waals surface area contributed by atoms with E-state index in [4.69, 9.17) is 15.6 Å². The Labute approximate surface area is 105 Å². The second kappa shape index (κ2) is 5.91. The van der Waals surface area contributed by atoms with Gasteiger partial charge in [0, 0.05) is 12.8 Å². The summed E-state index contributed by atoms with van der Waals surface area (Å²) in [5, 5.41) is 7.47. The van der Waals surface area contributed by atoms with Crippen LogP contribution in [-0.4, -0.2) is 34.1 Å². The number of carbonyl (C=O) groups excluding carboxylic acids is 1. The molecule has 18 heavy (non-hydrogen) atoms. The molecular formula is C10H15N3O4S. The summed E-state index contributed by atoms with van der Waals surface area (Å²) in [6.07, 6.45) is 0. The maximum absolute atomic E-state index is 11.5. The zero-order chi connectivity index (χ0) is 13.8. The van der Waals surface area contributed by atoms with E-state index in [2.05, 4.69) is 5.32 Å².